The van der Waals surface area contributed by atoms with E-state index in [1.807, 2.05) is 6.07 Å². The van der Waals surface area contributed by atoms with Crippen LogP contribution in [0.2, 0.25) is 0 Å². The molecule has 0 N–H and O–H groups in total. The van der Waals surface area contributed by atoms with Crippen LogP contribution in [0, 0.1) is 0 Å². The highest BCUT2D eigenvalue weighted by atomic mass is 16.5. The fourth-order valence-electron chi connectivity index (χ4n) is 1.31. The van der Waals surface area contributed by atoms with Crippen LogP contribution in [0.1, 0.15) is 0 Å². The zero-order valence-electron chi connectivity index (χ0n) is 5.01. The minimum atomic E-state index is 1.01. The summed E-state index contributed by atoms with van der Waals surface area (Å²) in [7, 11) is 1.71. The lowest BCUT2D eigenvalue weighted by atomic mass is 10.3. The minimum Gasteiger partial charge on any atom is -0.494 e. The van der Waals surface area contributed by atoms with E-state index in [9.17, 15) is 0 Å². The van der Waals surface area contributed by atoms with Gasteiger partial charge in [-0.3, -0.25) is 4.90 Å². The van der Waals surface area contributed by atoms with Gasteiger partial charge in [0.15, 0.2) is 0 Å². The van der Waals surface area contributed by atoms with Crippen LogP contribution in [0.4, 0.5) is 17.1 Å². The van der Waals surface area contributed by atoms with E-state index < -0.39 is 0 Å². The molecule has 0 radical (unpaired) electrons. The van der Waals surface area contributed by atoms with Gasteiger partial charge in [-0.1, -0.05) is 0 Å². The van der Waals surface area contributed by atoms with Crippen LogP contribution in [-0.2, 0) is 0 Å². The number of ether oxygens (including phenoxy) is 1. The molecule has 2 bridgehead atoms. The molecule has 0 aliphatic carbocycles. The highest BCUT2D eigenvalue weighted by Crippen LogP contribution is 2.77. The molecule has 2 nitrogen and oxygen atoms in total. The average Bonchev–Trinajstić information content (AvgIpc) is 2.75. The summed E-state index contributed by atoms with van der Waals surface area (Å²) in [5.41, 5.74) is 4.08. The molecule has 3 aliphatic heterocycles. The van der Waals surface area contributed by atoms with Crippen molar-refractivity contribution in [3.63, 3.8) is 0 Å². The monoisotopic (exact) mass is 119 g/mol. The highest BCUT2D eigenvalue weighted by Gasteiger charge is 2.52. The van der Waals surface area contributed by atoms with Gasteiger partial charge in [0.25, 0.3) is 0 Å². The summed E-state index contributed by atoms with van der Waals surface area (Å²) in [6, 6.07) is 4.10. The predicted octanol–water partition coefficient (Wildman–Crippen LogP) is 1.79. The molecule has 3 heterocycles. The van der Waals surface area contributed by atoms with Crippen molar-refractivity contribution in [1.82, 2.24) is 0 Å². The average molecular weight is 119 g/mol. The van der Waals surface area contributed by atoms with Crippen LogP contribution in [0.15, 0.2) is 12.1 Å². The third-order valence-electron chi connectivity index (χ3n) is 1.90. The Morgan fingerprint density at radius 3 is 2.56 bits per heavy atom. The lowest BCUT2D eigenvalue weighted by Crippen LogP contribution is -1.84. The Morgan fingerprint density at radius 1 is 1.33 bits per heavy atom. The van der Waals surface area contributed by atoms with E-state index >= 15 is 0 Å². The molecular formula is C7H5NO. The summed E-state index contributed by atoms with van der Waals surface area (Å²) >= 11 is 0. The van der Waals surface area contributed by atoms with E-state index in [4.69, 9.17) is 4.74 Å². The second kappa shape index (κ2) is 0.817. The molecule has 0 unspecified atom stereocenters. The molecule has 44 valence electrons. The van der Waals surface area contributed by atoms with Crippen LogP contribution in [0.25, 0.3) is 0 Å². The van der Waals surface area contributed by atoms with Crippen molar-refractivity contribution in [2.45, 2.75) is 0 Å². The van der Waals surface area contributed by atoms with Gasteiger partial charge in [0.1, 0.15) is 11.4 Å². The predicted molar refractivity (Wildman–Crippen MR) is 34.8 cm³/mol. The first-order valence-electron chi connectivity index (χ1n) is 2.94. The zero-order chi connectivity index (χ0) is 6.01. The van der Waals surface area contributed by atoms with Crippen LogP contribution in [-0.4, -0.2) is 7.11 Å². The third-order valence-corrected chi connectivity index (χ3v) is 1.90. The summed E-state index contributed by atoms with van der Waals surface area (Å²) in [6.45, 7) is 0. The molecule has 3 aliphatic rings. The summed E-state index contributed by atoms with van der Waals surface area (Å²) in [4.78, 5) is 2.19. The van der Waals surface area contributed by atoms with Gasteiger partial charge < -0.3 is 4.74 Å². The molecule has 4 rings (SSSR count). The van der Waals surface area contributed by atoms with Crippen molar-refractivity contribution in [3.8, 4) is 5.75 Å². The van der Waals surface area contributed by atoms with Gasteiger partial charge in [-0.05, 0) is 12.1 Å². The molecule has 0 saturated heterocycles. The minimum absolute atomic E-state index is 1.01. The number of benzene rings is 1. The quantitative estimate of drug-likeness (QED) is 0.453. The normalized spacial score (nSPS) is 15.0. The fourth-order valence-corrected chi connectivity index (χ4v) is 1.31. The van der Waals surface area contributed by atoms with Crippen LogP contribution < -0.4 is 9.64 Å². The first kappa shape index (κ1) is 3.77. The van der Waals surface area contributed by atoms with Gasteiger partial charge in [0, 0.05) is 0 Å². The van der Waals surface area contributed by atoms with Crippen molar-refractivity contribution in [2.24, 2.45) is 0 Å². The Bertz CT molecular complexity index is 306. The number of hydrogen-bond acceptors (Lipinski definition) is 2. The van der Waals surface area contributed by atoms with Crippen molar-refractivity contribution < 1.29 is 4.74 Å². The Kier molecular flexibility index (Phi) is 0.342. The van der Waals surface area contributed by atoms with Crippen LogP contribution in [0.5, 0.6) is 5.75 Å². The van der Waals surface area contributed by atoms with Gasteiger partial charge in [-0.15, -0.1) is 0 Å². The second-order valence-electron chi connectivity index (χ2n) is 2.32. The standard InChI is InChI=1S/C7H5NO/c1-9-5-3-2-4-6-7(5)8(4)6/h2-3H,1H3. The molecule has 0 aromatic heterocycles. The number of anilines is 3. The number of nitrogens with zero attached hydrogens (tertiary/aromatic N) is 1. The van der Waals surface area contributed by atoms with Crippen molar-refractivity contribution in [2.75, 3.05) is 12.0 Å². The molecule has 1 aromatic rings. The Labute approximate surface area is 52.7 Å². The van der Waals surface area contributed by atoms with E-state index in [1.165, 1.54) is 17.1 Å². The number of hydrogen-bond donors (Lipinski definition) is 0. The van der Waals surface area contributed by atoms with Crippen LogP contribution >= 0.6 is 0 Å². The number of methoxy groups -OCH3 is 1. The topological polar surface area (TPSA) is 12.2 Å². The third kappa shape index (κ3) is 0.238. The summed E-state index contributed by atoms with van der Waals surface area (Å²) in [6.07, 6.45) is 0. The number of rotatable bonds is 1. The maximum absolute atomic E-state index is 5.08. The molecule has 0 saturated carbocycles. The van der Waals surface area contributed by atoms with Gasteiger partial charge in [-0.2, -0.15) is 0 Å². The maximum Gasteiger partial charge on any atom is 0.145 e. The number of fused-ring (bicyclic) bond motifs is 2. The molecule has 0 fully saturated rings. The lowest BCUT2D eigenvalue weighted by molar-refractivity contribution is 0.417. The Morgan fingerprint density at radius 2 is 2.11 bits per heavy atom. The molecule has 0 spiro atoms. The van der Waals surface area contributed by atoms with Gasteiger partial charge in [0.2, 0.25) is 0 Å². The molecule has 0 atom stereocenters. The van der Waals surface area contributed by atoms with E-state index in [0.717, 1.165) is 5.75 Å². The molecule has 9 heavy (non-hydrogen) atoms. The highest BCUT2D eigenvalue weighted by molar-refractivity contribution is 6.26. The molecule has 1 aromatic carbocycles. The van der Waals surface area contributed by atoms with Gasteiger partial charge in [0.05, 0.1) is 18.5 Å². The molecule has 2 heteroatoms. The Hall–Kier alpha value is -1.18. The van der Waals surface area contributed by atoms with E-state index in [-0.39, 0.29) is 0 Å². The van der Waals surface area contributed by atoms with Crippen molar-refractivity contribution in [1.29, 1.82) is 0 Å². The summed E-state index contributed by atoms with van der Waals surface area (Å²) in [5.74, 6) is 1.01. The second-order valence-corrected chi connectivity index (χ2v) is 2.32. The first-order chi connectivity index (χ1) is 4.43. The lowest BCUT2D eigenvalue weighted by Gasteiger charge is -2.00. The van der Waals surface area contributed by atoms with Crippen molar-refractivity contribution in [3.05, 3.63) is 12.1 Å². The van der Waals surface area contributed by atoms with Crippen molar-refractivity contribution >= 4 is 17.1 Å². The smallest absolute Gasteiger partial charge is 0.145 e. The van der Waals surface area contributed by atoms with E-state index in [0.29, 0.717) is 0 Å². The van der Waals surface area contributed by atoms with Gasteiger partial charge >= 0.3 is 0 Å². The first-order valence-corrected chi connectivity index (χ1v) is 2.94. The maximum atomic E-state index is 5.08. The summed E-state index contributed by atoms with van der Waals surface area (Å²) in [5, 5.41) is 0. The SMILES string of the molecule is COc1ccc2c3c1N23. The van der Waals surface area contributed by atoms with E-state index in [1.54, 1.807) is 7.11 Å². The Balaban J connectivity index is 2.29. The molecular weight excluding hydrogens is 114 g/mol. The summed E-state index contributed by atoms with van der Waals surface area (Å²) < 4.78 is 5.08. The zero-order valence-corrected chi connectivity index (χ0v) is 5.01. The van der Waals surface area contributed by atoms with Gasteiger partial charge in [-0.25, -0.2) is 0 Å². The molecule has 0 amide bonds. The fraction of sp³-hybridized carbons (Fsp3) is 0.143. The van der Waals surface area contributed by atoms with E-state index in [2.05, 4.69) is 11.0 Å². The largest absolute Gasteiger partial charge is 0.494 e. The van der Waals surface area contributed by atoms with Crippen LogP contribution in [0.3, 0.4) is 0 Å².